The van der Waals surface area contributed by atoms with Crippen LogP contribution in [-0.2, 0) is 9.47 Å². The Morgan fingerprint density at radius 1 is 1.28 bits per heavy atom. The highest BCUT2D eigenvalue weighted by atomic mass is 16.7. The molecule has 7 heteroatoms. The van der Waals surface area contributed by atoms with Crippen molar-refractivity contribution >= 4 is 0 Å². The van der Waals surface area contributed by atoms with E-state index in [-0.39, 0.29) is 6.61 Å². The van der Waals surface area contributed by atoms with Crippen molar-refractivity contribution in [1.29, 1.82) is 0 Å². The summed E-state index contributed by atoms with van der Waals surface area (Å²) in [6, 6.07) is 0. The molecule has 0 spiro atoms. The van der Waals surface area contributed by atoms with Gasteiger partial charge in [-0.3, -0.25) is 0 Å². The molecule has 0 radical (unpaired) electrons. The summed E-state index contributed by atoms with van der Waals surface area (Å²) in [5.74, 6) is 0. The third-order valence-electron chi connectivity index (χ3n) is 2.83. The minimum atomic E-state index is -1.49. The molecule has 5 N–H and O–H groups in total. The first-order chi connectivity index (χ1) is 8.32. The second kappa shape index (κ2) is 6.07. The fourth-order valence-corrected chi connectivity index (χ4v) is 1.51. The molecule has 0 aromatic rings. The second-order valence-electron chi connectivity index (χ2n) is 4.57. The van der Waals surface area contributed by atoms with Crippen LogP contribution in [0.5, 0.6) is 0 Å². The van der Waals surface area contributed by atoms with E-state index in [1.54, 1.807) is 0 Å². The largest absolute Gasteiger partial charge is 0.394 e. The lowest BCUT2D eigenvalue weighted by Gasteiger charge is -2.40. The number of ether oxygens (including phenoxy) is 2. The van der Waals surface area contributed by atoms with Gasteiger partial charge >= 0.3 is 0 Å². The number of aliphatic hydroxyl groups excluding tert-OH is 4. The summed E-state index contributed by atoms with van der Waals surface area (Å²) in [6.07, 6.45) is -5.39. The molecule has 1 heterocycles. The summed E-state index contributed by atoms with van der Waals surface area (Å²) in [7, 11) is 0. The minimum Gasteiger partial charge on any atom is -0.394 e. The van der Waals surface area contributed by atoms with E-state index in [4.69, 9.17) is 14.6 Å². The van der Waals surface area contributed by atoms with E-state index in [0.29, 0.717) is 0 Å². The minimum absolute atomic E-state index is 0.209. The second-order valence-corrected chi connectivity index (χ2v) is 4.57. The molecule has 6 unspecified atom stereocenters. The van der Waals surface area contributed by atoms with Gasteiger partial charge in [-0.1, -0.05) is 6.08 Å². The van der Waals surface area contributed by atoms with Crippen LogP contribution in [0.25, 0.3) is 0 Å². The zero-order chi connectivity index (χ0) is 13.9. The Bertz CT molecular complexity index is 279. The van der Waals surface area contributed by atoms with Gasteiger partial charge in [0.05, 0.1) is 13.2 Å². The molecule has 18 heavy (non-hydrogen) atoms. The highest BCUT2D eigenvalue weighted by Gasteiger charge is 2.44. The average molecular weight is 264 g/mol. The number of aliphatic hydroxyl groups is 5. The van der Waals surface area contributed by atoms with Gasteiger partial charge in [-0.2, -0.15) is 0 Å². The van der Waals surface area contributed by atoms with Crippen LogP contribution in [-0.4, -0.2) is 75.1 Å². The van der Waals surface area contributed by atoms with Crippen LogP contribution in [0.15, 0.2) is 12.7 Å². The smallest absolute Gasteiger partial charge is 0.186 e. The van der Waals surface area contributed by atoms with Gasteiger partial charge < -0.3 is 35.0 Å². The molecule has 0 aromatic heterocycles. The monoisotopic (exact) mass is 264 g/mol. The van der Waals surface area contributed by atoms with E-state index in [2.05, 4.69) is 6.58 Å². The van der Waals surface area contributed by atoms with E-state index >= 15 is 0 Å². The van der Waals surface area contributed by atoms with Gasteiger partial charge in [-0.05, 0) is 6.92 Å². The topological polar surface area (TPSA) is 120 Å². The zero-order valence-electron chi connectivity index (χ0n) is 10.1. The van der Waals surface area contributed by atoms with Crippen molar-refractivity contribution in [2.75, 3.05) is 13.2 Å². The van der Waals surface area contributed by atoms with Crippen molar-refractivity contribution in [2.45, 2.75) is 43.2 Å². The van der Waals surface area contributed by atoms with Crippen LogP contribution < -0.4 is 0 Å². The van der Waals surface area contributed by atoms with Crippen LogP contribution in [0.3, 0.4) is 0 Å². The molecule has 1 aliphatic rings. The maximum Gasteiger partial charge on any atom is 0.186 e. The molecular weight excluding hydrogens is 244 g/mol. The molecule has 0 saturated carbocycles. The van der Waals surface area contributed by atoms with Gasteiger partial charge in [0.15, 0.2) is 6.29 Å². The Balaban J connectivity index is 2.62. The van der Waals surface area contributed by atoms with Gasteiger partial charge in [0, 0.05) is 0 Å². The summed E-state index contributed by atoms with van der Waals surface area (Å²) in [6.45, 7) is 4.12. The first kappa shape index (κ1) is 15.5. The van der Waals surface area contributed by atoms with Gasteiger partial charge in [-0.15, -0.1) is 6.58 Å². The van der Waals surface area contributed by atoms with Crippen molar-refractivity contribution < 1.29 is 35.0 Å². The number of rotatable bonds is 5. The van der Waals surface area contributed by atoms with E-state index in [0.717, 1.165) is 0 Å². The number of hydrogen-bond donors (Lipinski definition) is 5. The molecular formula is C11H20O7. The molecule has 0 bridgehead atoms. The summed E-state index contributed by atoms with van der Waals surface area (Å²) < 4.78 is 10.2. The SMILES string of the molecule is C=CC(C)(O)COC1OC(CO)C(O)C(O)C1O. The van der Waals surface area contributed by atoms with E-state index in [9.17, 15) is 20.4 Å². The fraction of sp³-hybridized carbons (Fsp3) is 0.818. The third kappa shape index (κ3) is 3.48. The van der Waals surface area contributed by atoms with Crippen LogP contribution in [0, 0.1) is 0 Å². The van der Waals surface area contributed by atoms with Crippen molar-refractivity contribution in [1.82, 2.24) is 0 Å². The number of hydrogen-bond acceptors (Lipinski definition) is 7. The maximum atomic E-state index is 9.64. The molecule has 7 nitrogen and oxygen atoms in total. The van der Waals surface area contributed by atoms with Crippen LogP contribution >= 0.6 is 0 Å². The Morgan fingerprint density at radius 2 is 1.89 bits per heavy atom. The van der Waals surface area contributed by atoms with Crippen molar-refractivity contribution in [2.24, 2.45) is 0 Å². The third-order valence-corrected chi connectivity index (χ3v) is 2.83. The Kier molecular flexibility index (Phi) is 5.23. The van der Waals surface area contributed by atoms with Gasteiger partial charge in [0.25, 0.3) is 0 Å². The van der Waals surface area contributed by atoms with Gasteiger partial charge in [-0.25, -0.2) is 0 Å². The Morgan fingerprint density at radius 3 is 2.39 bits per heavy atom. The van der Waals surface area contributed by atoms with Crippen molar-refractivity contribution in [3.63, 3.8) is 0 Å². The molecule has 106 valence electrons. The van der Waals surface area contributed by atoms with Crippen LogP contribution in [0.4, 0.5) is 0 Å². The molecule has 0 amide bonds. The normalized spacial score (nSPS) is 40.2. The molecule has 0 aromatic carbocycles. The Labute approximate surface area is 105 Å². The van der Waals surface area contributed by atoms with E-state index < -0.39 is 42.9 Å². The van der Waals surface area contributed by atoms with Crippen LogP contribution in [0.1, 0.15) is 6.92 Å². The fourth-order valence-electron chi connectivity index (χ4n) is 1.51. The van der Waals surface area contributed by atoms with Gasteiger partial charge in [0.1, 0.15) is 30.0 Å². The summed E-state index contributed by atoms with van der Waals surface area (Å²) in [4.78, 5) is 0. The summed E-state index contributed by atoms with van der Waals surface area (Å²) in [5, 5.41) is 47.3. The quantitative estimate of drug-likeness (QED) is 0.355. The van der Waals surface area contributed by atoms with Crippen LogP contribution in [0.2, 0.25) is 0 Å². The summed E-state index contributed by atoms with van der Waals surface area (Å²) in [5.41, 5.74) is -1.31. The average Bonchev–Trinajstić information content (AvgIpc) is 2.35. The molecule has 0 aliphatic carbocycles. The maximum absolute atomic E-state index is 9.64. The molecule has 1 aliphatic heterocycles. The predicted molar refractivity (Wildman–Crippen MR) is 60.5 cm³/mol. The zero-order valence-corrected chi connectivity index (χ0v) is 10.1. The first-order valence-electron chi connectivity index (χ1n) is 5.60. The molecule has 1 saturated heterocycles. The standard InChI is InChI=1S/C11H20O7/c1-3-11(2,16)5-17-10-9(15)8(14)7(13)6(4-12)18-10/h3,6-10,12-16H,1,4-5H2,2H3. The van der Waals surface area contributed by atoms with Crippen molar-refractivity contribution in [3.8, 4) is 0 Å². The lowest BCUT2D eigenvalue weighted by molar-refractivity contribution is -0.306. The lowest BCUT2D eigenvalue weighted by Crippen LogP contribution is -2.59. The van der Waals surface area contributed by atoms with E-state index in [1.165, 1.54) is 13.0 Å². The molecule has 1 fully saturated rings. The van der Waals surface area contributed by atoms with Crippen molar-refractivity contribution in [3.05, 3.63) is 12.7 Å². The summed E-state index contributed by atoms with van der Waals surface area (Å²) >= 11 is 0. The molecule has 6 atom stereocenters. The highest BCUT2D eigenvalue weighted by molar-refractivity contribution is 4.93. The predicted octanol–water partition coefficient (Wildman–Crippen LogP) is -2.26. The Hall–Kier alpha value is -0.540. The van der Waals surface area contributed by atoms with Gasteiger partial charge in [0.2, 0.25) is 0 Å². The molecule has 1 rings (SSSR count). The first-order valence-corrected chi connectivity index (χ1v) is 5.60. The highest BCUT2D eigenvalue weighted by Crippen LogP contribution is 2.22. The van der Waals surface area contributed by atoms with E-state index in [1.807, 2.05) is 0 Å². The lowest BCUT2D eigenvalue weighted by atomic mass is 9.99.